The van der Waals surface area contributed by atoms with E-state index in [9.17, 15) is 0 Å². The quantitative estimate of drug-likeness (QED) is 0.461. The molecule has 1 heterocycles. The molecule has 1 aromatic heterocycles. The van der Waals surface area contributed by atoms with Crippen LogP contribution in [0.25, 0.3) is 16.4 Å². The predicted octanol–water partition coefficient (Wildman–Crippen LogP) is 2.46. The van der Waals surface area contributed by atoms with Gasteiger partial charge in [0.05, 0.1) is 38.6 Å². The number of aromatic nitrogens is 1. The molecule has 0 aliphatic rings. The van der Waals surface area contributed by atoms with Crippen LogP contribution in [0.5, 0.6) is 0 Å². The first-order valence-corrected chi connectivity index (χ1v) is 4.98. The summed E-state index contributed by atoms with van der Waals surface area (Å²) in [7, 11) is 2.96. The Labute approximate surface area is 105 Å². The molecule has 0 aliphatic heterocycles. The second kappa shape index (κ2) is 6.72. The zero-order chi connectivity index (χ0) is 13.4. The molecule has 0 fully saturated rings. The number of methoxy groups -OCH3 is 2. The van der Waals surface area contributed by atoms with Crippen molar-refractivity contribution < 1.29 is 9.47 Å². The summed E-state index contributed by atoms with van der Waals surface area (Å²) in [5, 5.41) is 8.59. The molecule has 0 bridgehead atoms. The summed E-state index contributed by atoms with van der Waals surface area (Å²) in [5.41, 5.74) is 1.23. The van der Waals surface area contributed by atoms with Crippen molar-refractivity contribution in [1.29, 1.82) is 5.26 Å². The molecule has 0 N–H and O–H groups in total. The van der Waals surface area contributed by atoms with E-state index in [1.807, 2.05) is 6.07 Å². The monoisotopic (exact) mass is 241 g/mol. The lowest BCUT2D eigenvalue weighted by Crippen LogP contribution is -1.94. The molecule has 0 radical (unpaired) electrons. The van der Waals surface area contributed by atoms with E-state index in [0.29, 0.717) is 22.8 Å². The second-order valence-corrected chi connectivity index (χ2v) is 3.10. The predicted molar refractivity (Wildman–Crippen MR) is 66.4 cm³/mol. The number of hydrogen-bond donors (Lipinski definition) is 0. The van der Waals surface area contributed by atoms with Gasteiger partial charge in [-0.3, -0.25) is 4.98 Å². The van der Waals surface area contributed by atoms with Gasteiger partial charge in [-0.1, -0.05) is 0 Å². The third-order valence-corrected chi connectivity index (χ3v) is 2.12. The number of nitriles is 1. The maximum absolute atomic E-state index is 8.59. The lowest BCUT2D eigenvalue weighted by molar-refractivity contribution is 0.367. The van der Waals surface area contributed by atoms with Gasteiger partial charge in [-0.05, 0) is 12.1 Å². The van der Waals surface area contributed by atoms with Crippen LogP contribution in [-0.2, 0) is 9.47 Å². The van der Waals surface area contributed by atoms with E-state index in [2.05, 4.69) is 9.83 Å². The Kier molecular flexibility index (Phi) is 4.96. The molecule has 0 aliphatic carbocycles. The second-order valence-electron chi connectivity index (χ2n) is 3.10. The van der Waals surface area contributed by atoms with Crippen molar-refractivity contribution >= 4 is 11.5 Å². The standard InChI is InChI=1S/C13H11N3O2/c1-15-9-13(18-3)11-5-4-10(8-16-11)12(17-2)6-7-14/h4-6,8-9H,2-3H3/b12-6-,13-9-. The van der Waals surface area contributed by atoms with Crippen molar-refractivity contribution in [3.63, 3.8) is 0 Å². The van der Waals surface area contributed by atoms with Crippen molar-refractivity contribution in [2.45, 2.75) is 0 Å². The Morgan fingerprint density at radius 2 is 2.11 bits per heavy atom. The first-order chi connectivity index (χ1) is 8.76. The molecule has 1 rings (SSSR count). The summed E-state index contributed by atoms with van der Waals surface area (Å²) in [4.78, 5) is 7.28. The zero-order valence-corrected chi connectivity index (χ0v) is 10.0. The van der Waals surface area contributed by atoms with Crippen molar-refractivity contribution in [3.8, 4) is 6.07 Å². The van der Waals surface area contributed by atoms with E-state index in [1.54, 1.807) is 18.3 Å². The van der Waals surface area contributed by atoms with E-state index >= 15 is 0 Å². The molecule has 0 spiro atoms. The Morgan fingerprint density at radius 3 is 2.56 bits per heavy atom. The first-order valence-electron chi connectivity index (χ1n) is 4.98. The largest absolute Gasteiger partial charge is 0.506 e. The molecule has 0 unspecified atom stereocenters. The maximum atomic E-state index is 8.59. The number of nitrogens with zero attached hydrogens (tertiary/aromatic N) is 3. The maximum Gasteiger partial charge on any atom is 0.197 e. The first kappa shape index (κ1) is 13.3. The van der Waals surface area contributed by atoms with E-state index in [0.717, 1.165) is 0 Å². The van der Waals surface area contributed by atoms with Gasteiger partial charge in [0.2, 0.25) is 0 Å². The van der Waals surface area contributed by atoms with Crippen LogP contribution in [-0.4, -0.2) is 19.2 Å². The molecule has 18 heavy (non-hydrogen) atoms. The fourth-order valence-electron chi connectivity index (χ4n) is 1.29. The number of hydrogen-bond acceptors (Lipinski definition) is 4. The molecular formula is C13H11N3O2. The number of rotatable bonds is 4. The molecule has 1 aromatic rings. The van der Waals surface area contributed by atoms with Crippen LogP contribution >= 0.6 is 0 Å². The molecule has 5 heteroatoms. The smallest absolute Gasteiger partial charge is 0.197 e. The van der Waals surface area contributed by atoms with Crippen molar-refractivity contribution in [2.75, 3.05) is 14.2 Å². The summed E-state index contributed by atoms with van der Waals surface area (Å²) < 4.78 is 10.1. The highest BCUT2D eigenvalue weighted by Crippen LogP contribution is 2.17. The van der Waals surface area contributed by atoms with Gasteiger partial charge in [-0.2, -0.15) is 5.26 Å². The highest BCUT2D eigenvalue weighted by atomic mass is 16.5. The number of ether oxygens (including phenoxy) is 2. The topological polar surface area (TPSA) is 59.5 Å². The zero-order valence-electron chi connectivity index (χ0n) is 10.0. The number of allylic oxidation sites excluding steroid dienone is 1. The molecule has 0 saturated heterocycles. The summed E-state index contributed by atoms with van der Waals surface area (Å²) in [6.07, 6.45) is 4.10. The van der Waals surface area contributed by atoms with Gasteiger partial charge in [-0.15, -0.1) is 0 Å². The Morgan fingerprint density at radius 1 is 1.39 bits per heavy atom. The van der Waals surface area contributed by atoms with Crippen LogP contribution in [0.2, 0.25) is 0 Å². The Balaban J connectivity index is 3.08. The average molecular weight is 241 g/mol. The van der Waals surface area contributed by atoms with Crippen molar-refractivity contribution in [3.05, 3.63) is 53.3 Å². The van der Waals surface area contributed by atoms with Crippen molar-refractivity contribution in [2.24, 2.45) is 0 Å². The summed E-state index contributed by atoms with van der Waals surface area (Å²) in [6.45, 7) is 6.76. The van der Waals surface area contributed by atoms with Gasteiger partial charge < -0.3 is 9.47 Å². The third kappa shape index (κ3) is 3.10. The van der Waals surface area contributed by atoms with Gasteiger partial charge >= 0.3 is 0 Å². The molecule has 0 saturated carbocycles. The average Bonchev–Trinajstić information content (AvgIpc) is 2.42. The summed E-state index contributed by atoms with van der Waals surface area (Å²) >= 11 is 0. The van der Waals surface area contributed by atoms with Gasteiger partial charge in [0.1, 0.15) is 11.5 Å². The van der Waals surface area contributed by atoms with E-state index < -0.39 is 0 Å². The minimum absolute atomic E-state index is 0.389. The number of pyridine rings is 1. The van der Waals surface area contributed by atoms with E-state index in [1.165, 1.54) is 26.5 Å². The lowest BCUT2D eigenvalue weighted by atomic mass is 10.2. The lowest BCUT2D eigenvalue weighted by Gasteiger charge is -2.07. The van der Waals surface area contributed by atoms with Crippen LogP contribution in [0.3, 0.4) is 0 Å². The van der Waals surface area contributed by atoms with Crippen LogP contribution in [0.4, 0.5) is 0 Å². The van der Waals surface area contributed by atoms with Crippen LogP contribution in [0.1, 0.15) is 11.3 Å². The fraction of sp³-hybridized carbons (Fsp3) is 0.154. The Hall–Kier alpha value is -2.79. The van der Waals surface area contributed by atoms with Crippen LogP contribution < -0.4 is 0 Å². The summed E-state index contributed by atoms with van der Waals surface area (Å²) in [5.74, 6) is 0.824. The van der Waals surface area contributed by atoms with Gasteiger partial charge in [-0.25, -0.2) is 4.85 Å². The van der Waals surface area contributed by atoms with Gasteiger partial charge in [0, 0.05) is 11.8 Å². The molecule has 0 aromatic carbocycles. The van der Waals surface area contributed by atoms with Gasteiger partial charge in [0.25, 0.3) is 0 Å². The van der Waals surface area contributed by atoms with E-state index in [4.69, 9.17) is 21.3 Å². The highest BCUT2D eigenvalue weighted by molar-refractivity contribution is 5.64. The minimum atomic E-state index is 0.389. The molecule has 5 nitrogen and oxygen atoms in total. The van der Waals surface area contributed by atoms with Crippen LogP contribution in [0, 0.1) is 17.9 Å². The Bertz CT molecular complexity index is 494. The molecular weight excluding hydrogens is 230 g/mol. The minimum Gasteiger partial charge on any atom is -0.506 e. The highest BCUT2D eigenvalue weighted by Gasteiger charge is 2.05. The summed E-state index contributed by atoms with van der Waals surface area (Å²) in [6, 6.07) is 5.33. The molecule has 0 atom stereocenters. The molecule has 90 valence electrons. The van der Waals surface area contributed by atoms with Crippen LogP contribution in [0.15, 0.2) is 30.6 Å². The van der Waals surface area contributed by atoms with Gasteiger partial charge in [0.15, 0.2) is 6.20 Å². The third-order valence-electron chi connectivity index (χ3n) is 2.12. The normalized spacial score (nSPS) is 11.3. The molecule has 0 amide bonds. The fourth-order valence-corrected chi connectivity index (χ4v) is 1.29. The van der Waals surface area contributed by atoms with Crippen molar-refractivity contribution in [1.82, 2.24) is 4.98 Å². The SMILES string of the molecule is [C-]#[N+]/C=C(\OC)c1ccc(/C(=C/C#N)OC)cn1. The van der Waals surface area contributed by atoms with E-state index in [-0.39, 0.29) is 0 Å².